The molecule has 1 atom stereocenters. The Morgan fingerprint density at radius 3 is 2.33 bits per heavy atom. The van der Waals surface area contributed by atoms with Crippen LogP contribution in [0.2, 0.25) is 0 Å². The Kier molecular flexibility index (Phi) is 6.27. The summed E-state index contributed by atoms with van der Waals surface area (Å²) in [5, 5.41) is 2.74. The van der Waals surface area contributed by atoms with Gasteiger partial charge >= 0.3 is 6.03 Å². The lowest BCUT2D eigenvalue weighted by molar-refractivity contribution is -0.141. The maximum Gasteiger partial charge on any atom is 0.325 e. The van der Waals surface area contributed by atoms with E-state index in [4.69, 9.17) is 5.73 Å². The second kappa shape index (κ2) is 7.27. The summed E-state index contributed by atoms with van der Waals surface area (Å²) in [4.78, 5) is 40.0. The van der Waals surface area contributed by atoms with Crippen molar-refractivity contribution >= 4 is 30.3 Å². The minimum atomic E-state index is -0.860. The number of carbonyl (C=O) groups excluding carboxylic acids is 3. The van der Waals surface area contributed by atoms with Crippen LogP contribution in [0, 0.1) is 5.41 Å². The van der Waals surface area contributed by atoms with Gasteiger partial charge in [-0.3, -0.25) is 14.5 Å². The van der Waals surface area contributed by atoms with Gasteiger partial charge in [-0.05, 0) is 24.7 Å². The van der Waals surface area contributed by atoms with Crippen LogP contribution in [-0.4, -0.2) is 58.9 Å². The molecule has 3 N–H and O–H groups in total. The Labute approximate surface area is 149 Å². The van der Waals surface area contributed by atoms with Crippen molar-refractivity contribution in [2.75, 3.05) is 19.6 Å². The summed E-state index contributed by atoms with van der Waals surface area (Å²) in [6, 6.07) is -0.420. The predicted molar refractivity (Wildman–Crippen MR) is 93.8 cm³/mol. The standard InChI is InChI=1S/C16H28N4O3.ClH/c1-5-16(6-2)13(22)20(14(23)18-16)9-12(21)19-8-7-11(17)15(3,4)10-19;/h11H,5-10,17H2,1-4H3,(H,18,23);1H. The predicted octanol–water partition coefficient (Wildman–Crippen LogP) is 1.10. The average molecular weight is 361 g/mol. The Hall–Kier alpha value is -1.34. The third-order valence-electron chi connectivity index (χ3n) is 5.41. The molecule has 138 valence electrons. The van der Waals surface area contributed by atoms with Crippen LogP contribution in [0.5, 0.6) is 0 Å². The van der Waals surface area contributed by atoms with Gasteiger partial charge in [-0.1, -0.05) is 27.7 Å². The van der Waals surface area contributed by atoms with Gasteiger partial charge in [-0.25, -0.2) is 4.79 Å². The molecule has 2 saturated heterocycles. The summed E-state index contributed by atoms with van der Waals surface area (Å²) in [5.74, 6) is -0.495. The van der Waals surface area contributed by atoms with Crippen molar-refractivity contribution in [3.8, 4) is 0 Å². The van der Waals surface area contributed by atoms with Crippen molar-refractivity contribution in [3.63, 3.8) is 0 Å². The fraction of sp³-hybridized carbons (Fsp3) is 0.812. The molecule has 0 aromatic rings. The van der Waals surface area contributed by atoms with Gasteiger partial charge in [0.2, 0.25) is 5.91 Å². The molecular weight excluding hydrogens is 332 g/mol. The molecule has 0 aromatic heterocycles. The van der Waals surface area contributed by atoms with Crippen molar-refractivity contribution in [2.45, 2.75) is 58.5 Å². The number of rotatable bonds is 4. The number of nitrogens with two attached hydrogens (primary N) is 1. The highest BCUT2D eigenvalue weighted by Crippen LogP contribution is 2.29. The van der Waals surface area contributed by atoms with Gasteiger partial charge in [-0.15, -0.1) is 12.4 Å². The van der Waals surface area contributed by atoms with Crippen LogP contribution in [0.25, 0.3) is 0 Å². The van der Waals surface area contributed by atoms with Crippen LogP contribution in [0.1, 0.15) is 47.0 Å². The second-order valence-electron chi connectivity index (χ2n) is 7.31. The molecule has 0 saturated carbocycles. The van der Waals surface area contributed by atoms with E-state index >= 15 is 0 Å². The first-order chi connectivity index (χ1) is 10.7. The van der Waals surface area contributed by atoms with Crippen LogP contribution in [0.15, 0.2) is 0 Å². The SMILES string of the molecule is CCC1(CC)NC(=O)N(CC(=O)N2CCC(N)C(C)(C)C2)C1=O.Cl. The number of hydrogen-bond donors (Lipinski definition) is 2. The Morgan fingerprint density at radius 2 is 1.88 bits per heavy atom. The number of nitrogens with one attached hydrogen (secondary N) is 1. The van der Waals surface area contributed by atoms with E-state index in [1.54, 1.807) is 4.90 Å². The molecule has 0 radical (unpaired) electrons. The second-order valence-corrected chi connectivity index (χ2v) is 7.31. The van der Waals surface area contributed by atoms with Gasteiger partial charge in [0, 0.05) is 19.1 Å². The van der Waals surface area contributed by atoms with Crippen LogP contribution >= 0.6 is 12.4 Å². The number of hydrogen-bond acceptors (Lipinski definition) is 4. The lowest BCUT2D eigenvalue weighted by Gasteiger charge is -2.42. The van der Waals surface area contributed by atoms with Crippen molar-refractivity contribution in [3.05, 3.63) is 0 Å². The van der Waals surface area contributed by atoms with Crippen LogP contribution in [0.4, 0.5) is 4.79 Å². The van der Waals surface area contributed by atoms with Crippen LogP contribution in [-0.2, 0) is 9.59 Å². The number of halogens is 1. The zero-order valence-corrected chi connectivity index (χ0v) is 15.7. The molecule has 2 aliphatic rings. The topological polar surface area (TPSA) is 95.7 Å². The average Bonchev–Trinajstić information content (AvgIpc) is 2.74. The van der Waals surface area contributed by atoms with E-state index in [9.17, 15) is 14.4 Å². The van der Waals surface area contributed by atoms with Gasteiger partial charge in [0.1, 0.15) is 12.1 Å². The number of imide groups is 1. The monoisotopic (exact) mass is 360 g/mol. The molecule has 0 aliphatic carbocycles. The van der Waals surface area contributed by atoms with Crippen LogP contribution < -0.4 is 11.1 Å². The Bertz CT molecular complexity index is 519. The van der Waals surface area contributed by atoms with Gasteiger partial charge < -0.3 is 16.0 Å². The minimum absolute atomic E-state index is 0. The zero-order valence-electron chi connectivity index (χ0n) is 14.9. The number of urea groups is 1. The molecule has 2 rings (SSSR count). The lowest BCUT2D eigenvalue weighted by atomic mass is 9.79. The summed E-state index contributed by atoms with van der Waals surface area (Å²) in [6.07, 6.45) is 1.77. The van der Waals surface area contributed by atoms with E-state index in [1.165, 1.54) is 0 Å². The number of likely N-dealkylation sites (tertiary alicyclic amines) is 1. The number of amides is 4. The maximum atomic E-state index is 12.5. The quantitative estimate of drug-likeness (QED) is 0.734. The number of carbonyl (C=O) groups is 3. The van der Waals surface area contributed by atoms with Crippen molar-refractivity contribution in [2.24, 2.45) is 11.1 Å². The third-order valence-corrected chi connectivity index (χ3v) is 5.41. The first-order valence-corrected chi connectivity index (χ1v) is 8.34. The molecule has 2 fully saturated rings. The third kappa shape index (κ3) is 3.52. The number of nitrogens with zero attached hydrogens (tertiary/aromatic N) is 2. The van der Waals surface area contributed by atoms with Gasteiger partial charge in [0.15, 0.2) is 0 Å². The highest BCUT2D eigenvalue weighted by molar-refractivity contribution is 6.09. The zero-order chi connectivity index (χ0) is 17.4. The minimum Gasteiger partial charge on any atom is -0.340 e. The first kappa shape index (κ1) is 20.7. The van der Waals surface area contributed by atoms with E-state index in [0.717, 1.165) is 11.3 Å². The normalized spacial score (nSPS) is 25.3. The molecule has 2 aliphatic heterocycles. The molecule has 0 bridgehead atoms. The van der Waals surface area contributed by atoms with Gasteiger partial charge in [-0.2, -0.15) is 0 Å². The van der Waals surface area contributed by atoms with E-state index in [-0.39, 0.29) is 42.2 Å². The van der Waals surface area contributed by atoms with Crippen LogP contribution in [0.3, 0.4) is 0 Å². The summed E-state index contributed by atoms with van der Waals surface area (Å²) in [6.45, 7) is 8.71. The summed E-state index contributed by atoms with van der Waals surface area (Å²) >= 11 is 0. The summed E-state index contributed by atoms with van der Waals surface area (Å²) in [5.41, 5.74) is 5.06. The highest BCUT2D eigenvalue weighted by Gasteiger charge is 2.49. The van der Waals surface area contributed by atoms with E-state index in [1.807, 2.05) is 27.7 Å². The van der Waals surface area contributed by atoms with E-state index in [0.29, 0.717) is 25.9 Å². The summed E-state index contributed by atoms with van der Waals surface area (Å²) in [7, 11) is 0. The maximum absolute atomic E-state index is 12.5. The fourth-order valence-electron chi connectivity index (χ4n) is 3.37. The molecule has 8 heteroatoms. The highest BCUT2D eigenvalue weighted by atomic mass is 35.5. The van der Waals surface area contributed by atoms with Crippen molar-refractivity contribution in [1.82, 2.24) is 15.1 Å². The van der Waals surface area contributed by atoms with Crippen molar-refractivity contribution < 1.29 is 14.4 Å². The molecule has 2 heterocycles. The Balaban J connectivity index is 0.00000288. The summed E-state index contributed by atoms with van der Waals surface area (Å²) < 4.78 is 0. The molecule has 0 spiro atoms. The molecular formula is C16H29ClN4O3. The molecule has 0 aromatic carbocycles. The van der Waals surface area contributed by atoms with Gasteiger partial charge in [0.25, 0.3) is 5.91 Å². The molecule has 4 amide bonds. The number of piperidine rings is 1. The van der Waals surface area contributed by atoms with E-state index < -0.39 is 11.6 Å². The Morgan fingerprint density at radius 1 is 1.29 bits per heavy atom. The van der Waals surface area contributed by atoms with Crippen molar-refractivity contribution in [1.29, 1.82) is 0 Å². The lowest BCUT2D eigenvalue weighted by Crippen LogP contribution is -2.56. The smallest absolute Gasteiger partial charge is 0.325 e. The molecule has 1 unspecified atom stereocenters. The van der Waals surface area contributed by atoms with E-state index in [2.05, 4.69) is 5.32 Å². The molecule has 24 heavy (non-hydrogen) atoms. The van der Waals surface area contributed by atoms with Gasteiger partial charge in [0.05, 0.1) is 0 Å². The largest absolute Gasteiger partial charge is 0.340 e. The fourth-order valence-corrected chi connectivity index (χ4v) is 3.37. The first-order valence-electron chi connectivity index (χ1n) is 8.34. The molecule has 7 nitrogen and oxygen atoms in total.